The molecule has 0 saturated heterocycles. The molecule has 0 aliphatic carbocycles. The number of ether oxygens (including phenoxy) is 2. The van der Waals surface area contributed by atoms with Crippen LogP contribution in [0.1, 0.15) is 24.9 Å². The number of nitrogens with one attached hydrogen (secondary N) is 1. The molecule has 146 valence electrons. The van der Waals surface area contributed by atoms with E-state index in [0.29, 0.717) is 35.7 Å². The predicted molar refractivity (Wildman–Crippen MR) is 101 cm³/mol. The lowest BCUT2D eigenvalue weighted by atomic mass is 10.1. The molecule has 0 spiro atoms. The first-order valence-corrected chi connectivity index (χ1v) is 9.09. The van der Waals surface area contributed by atoms with E-state index in [4.69, 9.17) is 9.47 Å². The summed E-state index contributed by atoms with van der Waals surface area (Å²) in [5.74, 6) is 1.25. The number of rotatable bonds is 5. The summed E-state index contributed by atoms with van der Waals surface area (Å²) in [6.45, 7) is 3.20. The summed E-state index contributed by atoms with van der Waals surface area (Å²) in [7, 11) is 1.73. The molecule has 4 rings (SSSR count). The topological polar surface area (TPSA) is 100 Å². The Balaban J connectivity index is 1.39. The van der Waals surface area contributed by atoms with Crippen LogP contribution in [0.15, 0.2) is 35.5 Å². The highest BCUT2D eigenvalue weighted by Crippen LogP contribution is 2.32. The normalized spacial score (nSPS) is 14.1. The molecule has 0 fully saturated rings. The monoisotopic (exact) mass is 383 g/mol. The van der Waals surface area contributed by atoms with Crippen molar-refractivity contribution in [3.8, 4) is 11.5 Å². The van der Waals surface area contributed by atoms with Crippen LogP contribution in [-0.2, 0) is 18.4 Å². The lowest BCUT2D eigenvalue weighted by Crippen LogP contribution is -2.29. The minimum Gasteiger partial charge on any atom is -0.486 e. The number of hydrogen-bond acceptors (Lipinski definition) is 6. The molecule has 3 aromatic rings. The van der Waals surface area contributed by atoms with E-state index in [-0.39, 0.29) is 30.5 Å². The number of amides is 1. The second-order valence-corrected chi connectivity index (χ2v) is 6.69. The van der Waals surface area contributed by atoms with Crippen LogP contribution in [0.2, 0.25) is 0 Å². The number of carbonyl (C=O) groups excluding carboxylic acids is 1. The van der Waals surface area contributed by atoms with Gasteiger partial charge in [0.1, 0.15) is 18.6 Å². The van der Waals surface area contributed by atoms with E-state index in [0.717, 1.165) is 5.56 Å². The lowest BCUT2D eigenvalue weighted by molar-refractivity contribution is -0.121. The largest absolute Gasteiger partial charge is 0.486 e. The minimum atomic E-state index is -0.203. The second kappa shape index (κ2) is 7.34. The molecule has 1 aliphatic heterocycles. The molecular weight excluding hydrogens is 362 g/mol. The van der Waals surface area contributed by atoms with Gasteiger partial charge in [0.2, 0.25) is 5.91 Å². The van der Waals surface area contributed by atoms with Gasteiger partial charge in [-0.3, -0.25) is 18.8 Å². The number of carbonyl (C=O) groups is 1. The zero-order valence-electron chi connectivity index (χ0n) is 15.7. The maximum atomic E-state index is 12.4. The first-order valence-electron chi connectivity index (χ1n) is 9.09. The van der Waals surface area contributed by atoms with E-state index in [2.05, 4.69) is 15.4 Å². The maximum absolute atomic E-state index is 12.4. The Kier molecular flexibility index (Phi) is 4.72. The predicted octanol–water partition coefficient (Wildman–Crippen LogP) is 1.17. The zero-order valence-corrected chi connectivity index (χ0v) is 15.7. The van der Waals surface area contributed by atoms with Crippen LogP contribution in [0.5, 0.6) is 11.5 Å². The van der Waals surface area contributed by atoms with Gasteiger partial charge in [-0.15, -0.1) is 0 Å². The first kappa shape index (κ1) is 18.0. The van der Waals surface area contributed by atoms with Crippen LogP contribution >= 0.6 is 0 Å². The zero-order chi connectivity index (χ0) is 19.7. The van der Waals surface area contributed by atoms with E-state index in [1.807, 2.05) is 25.1 Å². The molecule has 1 N–H and O–H groups in total. The molecular formula is C19H21N5O4. The Hall–Kier alpha value is -3.36. The summed E-state index contributed by atoms with van der Waals surface area (Å²) in [6, 6.07) is 5.44. The molecule has 0 unspecified atom stereocenters. The fourth-order valence-electron chi connectivity index (χ4n) is 3.17. The van der Waals surface area contributed by atoms with Crippen molar-refractivity contribution < 1.29 is 14.3 Å². The summed E-state index contributed by atoms with van der Waals surface area (Å²) in [5, 5.41) is 7.43. The van der Waals surface area contributed by atoms with Gasteiger partial charge in [-0.2, -0.15) is 5.10 Å². The third kappa shape index (κ3) is 3.42. The third-order valence-corrected chi connectivity index (χ3v) is 4.74. The fraction of sp³-hybridized carbons (Fsp3) is 0.368. The van der Waals surface area contributed by atoms with Crippen molar-refractivity contribution in [2.75, 3.05) is 13.2 Å². The minimum absolute atomic E-state index is 0.152. The molecule has 2 aromatic heterocycles. The van der Waals surface area contributed by atoms with Crippen molar-refractivity contribution in [3.05, 3.63) is 46.6 Å². The van der Waals surface area contributed by atoms with E-state index in [1.54, 1.807) is 11.7 Å². The molecule has 9 nitrogen and oxygen atoms in total. The SMILES string of the molecule is C[C@H](NC(=O)CCn1cnc2c(cnn2C)c1=O)c1ccc2c(c1)OCCO2. The standard InChI is InChI=1S/C19H21N5O4/c1-12(13-3-4-15-16(9-13)28-8-7-27-15)22-17(25)5-6-24-11-20-18-14(19(24)26)10-21-23(18)2/h3-4,9-12H,5-8H2,1-2H3,(H,22,25)/t12-/m0/s1. The summed E-state index contributed by atoms with van der Waals surface area (Å²) in [5.41, 5.74) is 1.25. The highest BCUT2D eigenvalue weighted by atomic mass is 16.6. The second-order valence-electron chi connectivity index (χ2n) is 6.69. The van der Waals surface area contributed by atoms with Crippen LogP contribution in [0, 0.1) is 0 Å². The quantitative estimate of drug-likeness (QED) is 0.710. The molecule has 28 heavy (non-hydrogen) atoms. The molecule has 0 radical (unpaired) electrons. The van der Waals surface area contributed by atoms with Crippen molar-refractivity contribution in [1.29, 1.82) is 0 Å². The average Bonchev–Trinajstić information content (AvgIpc) is 3.08. The highest BCUT2D eigenvalue weighted by molar-refractivity contribution is 5.76. The van der Waals surface area contributed by atoms with Crippen LogP contribution in [-0.4, -0.2) is 38.5 Å². The summed E-state index contributed by atoms with van der Waals surface area (Å²) in [4.78, 5) is 29.0. The van der Waals surface area contributed by atoms with Crippen LogP contribution in [0.4, 0.5) is 0 Å². The number of benzene rings is 1. The van der Waals surface area contributed by atoms with Gasteiger partial charge in [-0.05, 0) is 24.6 Å². The average molecular weight is 383 g/mol. The summed E-state index contributed by atoms with van der Waals surface area (Å²) < 4.78 is 14.1. The van der Waals surface area contributed by atoms with Gasteiger partial charge in [0.15, 0.2) is 17.1 Å². The summed E-state index contributed by atoms with van der Waals surface area (Å²) in [6.07, 6.45) is 3.11. The molecule has 0 bridgehead atoms. The Morgan fingerprint density at radius 1 is 1.29 bits per heavy atom. The van der Waals surface area contributed by atoms with Crippen LogP contribution in [0.3, 0.4) is 0 Å². The lowest BCUT2D eigenvalue weighted by Gasteiger charge is -2.21. The number of fused-ring (bicyclic) bond motifs is 2. The molecule has 1 aromatic carbocycles. The van der Waals surface area contributed by atoms with Gasteiger partial charge in [0.25, 0.3) is 5.56 Å². The van der Waals surface area contributed by atoms with Crippen LogP contribution < -0.4 is 20.3 Å². The Bertz CT molecular complexity index is 1090. The van der Waals surface area contributed by atoms with Crippen molar-refractivity contribution in [3.63, 3.8) is 0 Å². The van der Waals surface area contributed by atoms with Crippen molar-refractivity contribution >= 4 is 16.9 Å². The summed E-state index contributed by atoms with van der Waals surface area (Å²) >= 11 is 0. The number of nitrogens with zero attached hydrogens (tertiary/aromatic N) is 4. The molecule has 1 atom stereocenters. The number of aromatic nitrogens is 4. The van der Waals surface area contributed by atoms with E-state index < -0.39 is 0 Å². The highest BCUT2D eigenvalue weighted by Gasteiger charge is 2.16. The van der Waals surface area contributed by atoms with Crippen molar-refractivity contribution in [2.45, 2.75) is 25.9 Å². The van der Waals surface area contributed by atoms with E-state index in [1.165, 1.54) is 17.1 Å². The van der Waals surface area contributed by atoms with Gasteiger partial charge in [0.05, 0.1) is 18.6 Å². The van der Waals surface area contributed by atoms with Crippen molar-refractivity contribution in [2.24, 2.45) is 7.05 Å². The van der Waals surface area contributed by atoms with E-state index in [9.17, 15) is 9.59 Å². The van der Waals surface area contributed by atoms with Gasteiger partial charge in [-0.1, -0.05) is 6.07 Å². The molecule has 9 heteroatoms. The number of hydrogen-bond donors (Lipinski definition) is 1. The molecule has 1 aliphatic rings. The van der Waals surface area contributed by atoms with Gasteiger partial charge >= 0.3 is 0 Å². The first-order chi connectivity index (χ1) is 13.5. The molecule has 3 heterocycles. The smallest absolute Gasteiger partial charge is 0.264 e. The maximum Gasteiger partial charge on any atom is 0.264 e. The number of aryl methyl sites for hydroxylation is 2. The van der Waals surface area contributed by atoms with Gasteiger partial charge in [0, 0.05) is 20.0 Å². The van der Waals surface area contributed by atoms with E-state index >= 15 is 0 Å². The molecule has 1 amide bonds. The Morgan fingerprint density at radius 2 is 2.07 bits per heavy atom. The Morgan fingerprint density at radius 3 is 2.89 bits per heavy atom. The fourth-order valence-corrected chi connectivity index (χ4v) is 3.17. The third-order valence-electron chi connectivity index (χ3n) is 4.74. The van der Waals surface area contributed by atoms with Gasteiger partial charge in [-0.25, -0.2) is 4.98 Å². The molecule has 0 saturated carbocycles. The van der Waals surface area contributed by atoms with Crippen molar-refractivity contribution in [1.82, 2.24) is 24.6 Å². The van der Waals surface area contributed by atoms with Gasteiger partial charge < -0.3 is 14.8 Å². The van der Waals surface area contributed by atoms with Crippen LogP contribution in [0.25, 0.3) is 11.0 Å². The Labute approximate surface area is 160 Å².